The maximum atomic E-state index is 12.6. The van der Waals surface area contributed by atoms with E-state index in [4.69, 9.17) is 0 Å². The Morgan fingerprint density at radius 2 is 1.96 bits per heavy atom. The van der Waals surface area contributed by atoms with Crippen LogP contribution < -0.4 is 5.32 Å². The molecule has 28 heavy (non-hydrogen) atoms. The van der Waals surface area contributed by atoms with Gasteiger partial charge in [0.05, 0.1) is 11.2 Å². The third-order valence-electron chi connectivity index (χ3n) is 5.56. The van der Waals surface area contributed by atoms with Gasteiger partial charge in [-0.15, -0.1) is 0 Å². The first-order valence-electron chi connectivity index (χ1n) is 9.61. The van der Waals surface area contributed by atoms with Crippen LogP contribution in [0.25, 0.3) is 10.9 Å². The number of fused-ring (bicyclic) bond motifs is 3. The zero-order chi connectivity index (χ0) is 19.1. The lowest BCUT2D eigenvalue weighted by Crippen LogP contribution is -2.37. The summed E-state index contributed by atoms with van der Waals surface area (Å²) < 4.78 is 0. The first kappa shape index (κ1) is 16.8. The highest BCUT2D eigenvalue weighted by Crippen LogP contribution is 2.38. The van der Waals surface area contributed by atoms with Gasteiger partial charge < -0.3 is 5.32 Å². The quantitative estimate of drug-likeness (QED) is 0.829. The maximum absolute atomic E-state index is 12.6. The molecule has 0 radical (unpaired) electrons. The van der Waals surface area contributed by atoms with E-state index >= 15 is 0 Å². The Kier molecular flexibility index (Phi) is 4.01. The Bertz CT molecular complexity index is 1140. The van der Waals surface area contributed by atoms with Crippen molar-refractivity contribution in [2.45, 2.75) is 25.7 Å². The monoisotopic (exact) mass is 369 g/mol. The van der Waals surface area contributed by atoms with Gasteiger partial charge in [-0.05, 0) is 55.5 Å². The number of pyridine rings is 1. The lowest BCUT2D eigenvalue weighted by Gasteiger charge is -2.33. The van der Waals surface area contributed by atoms with E-state index in [0.29, 0.717) is 11.4 Å². The van der Waals surface area contributed by atoms with Crippen LogP contribution in [0.5, 0.6) is 0 Å². The summed E-state index contributed by atoms with van der Waals surface area (Å²) in [5.41, 5.74) is 4.58. The molecule has 5 nitrogen and oxygen atoms in total. The minimum Gasteiger partial charge on any atom is -0.325 e. The number of nitrogens with one attached hydrogen (secondary N) is 1. The van der Waals surface area contributed by atoms with Crippen LogP contribution >= 0.6 is 0 Å². The topological polar surface area (TPSA) is 71.4 Å². The summed E-state index contributed by atoms with van der Waals surface area (Å²) in [6, 6.07) is 11.2. The van der Waals surface area contributed by atoms with E-state index in [1.165, 1.54) is 5.57 Å². The number of benzene rings is 1. The van der Waals surface area contributed by atoms with E-state index in [2.05, 4.69) is 15.3 Å². The Hall–Kier alpha value is -3.34. The zero-order valence-corrected chi connectivity index (χ0v) is 15.3. The fourth-order valence-electron chi connectivity index (χ4n) is 4.18. The molecule has 5 rings (SSSR count). The summed E-state index contributed by atoms with van der Waals surface area (Å²) in [5, 5.41) is 3.97. The van der Waals surface area contributed by atoms with Gasteiger partial charge in [0, 0.05) is 22.6 Å². The summed E-state index contributed by atoms with van der Waals surface area (Å²) in [6.07, 6.45) is 9.71. The van der Waals surface area contributed by atoms with Gasteiger partial charge in [-0.25, -0.2) is 9.98 Å². The van der Waals surface area contributed by atoms with Crippen molar-refractivity contribution in [3.05, 3.63) is 77.2 Å². The number of aromatic nitrogens is 1. The smallest absolute Gasteiger partial charge is 0.296 e. The molecule has 1 unspecified atom stereocenters. The second kappa shape index (κ2) is 6.68. The standard InChI is InChI=1S/C23H19N3O2/c27-22-18-7-3-2-6-16(18)17-11-10-15(13-21(17)26-22)24-23(28)20-12-9-14-5-1-4-8-19(14)25-20/h1,4-5,8-13,17H,2-3,6-7H2,(H,26,27). The van der Waals surface area contributed by atoms with Crippen molar-refractivity contribution in [2.24, 2.45) is 10.9 Å². The van der Waals surface area contributed by atoms with E-state index in [1.54, 1.807) is 12.1 Å². The molecular formula is C23H19N3O2. The molecule has 0 bridgehead atoms. The van der Waals surface area contributed by atoms with E-state index < -0.39 is 0 Å². The SMILES string of the molecule is O=C1NC2=CC(=NC(=O)c3ccc4ccccc4n3)C=CC2C2=C1CCCC2. The Morgan fingerprint density at radius 3 is 2.89 bits per heavy atom. The van der Waals surface area contributed by atoms with Crippen LogP contribution in [0.15, 0.2) is 76.5 Å². The number of rotatable bonds is 1. The summed E-state index contributed by atoms with van der Waals surface area (Å²) in [5.74, 6) is -0.296. The van der Waals surface area contributed by atoms with Gasteiger partial charge in [0.2, 0.25) is 0 Å². The number of hydrogen-bond acceptors (Lipinski definition) is 3. The number of nitrogens with zero attached hydrogens (tertiary/aromatic N) is 2. The normalized spacial score (nSPS) is 22.6. The molecule has 0 spiro atoms. The minimum atomic E-state index is -0.389. The molecule has 1 aliphatic heterocycles. The van der Waals surface area contributed by atoms with Gasteiger partial charge >= 0.3 is 0 Å². The highest BCUT2D eigenvalue weighted by molar-refractivity contribution is 6.14. The number of carbonyl (C=O) groups excluding carboxylic acids is 2. The molecule has 3 aliphatic rings. The van der Waals surface area contributed by atoms with Crippen molar-refractivity contribution in [1.29, 1.82) is 0 Å². The van der Waals surface area contributed by atoms with E-state index in [-0.39, 0.29) is 17.7 Å². The largest absolute Gasteiger partial charge is 0.325 e. The fourth-order valence-corrected chi connectivity index (χ4v) is 4.18. The Morgan fingerprint density at radius 1 is 1.11 bits per heavy atom. The molecule has 0 fully saturated rings. The van der Waals surface area contributed by atoms with E-state index in [9.17, 15) is 9.59 Å². The fraction of sp³-hybridized carbons (Fsp3) is 0.217. The van der Waals surface area contributed by atoms with Crippen molar-refractivity contribution >= 4 is 28.4 Å². The summed E-state index contributed by atoms with van der Waals surface area (Å²) in [7, 11) is 0. The predicted molar refractivity (Wildman–Crippen MR) is 108 cm³/mol. The first-order chi connectivity index (χ1) is 13.7. The average Bonchev–Trinajstić information content (AvgIpc) is 2.73. The second-order valence-corrected chi connectivity index (χ2v) is 7.33. The van der Waals surface area contributed by atoms with Crippen LogP contribution in [-0.4, -0.2) is 22.5 Å². The molecule has 138 valence electrons. The average molecular weight is 369 g/mol. The highest BCUT2D eigenvalue weighted by atomic mass is 16.2. The van der Waals surface area contributed by atoms with E-state index in [1.807, 2.05) is 42.5 Å². The van der Waals surface area contributed by atoms with Crippen molar-refractivity contribution in [1.82, 2.24) is 10.3 Å². The summed E-state index contributed by atoms with van der Waals surface area (Å²) in [6.45, 7) is 0. The number of carbonyl (C=O) groups is 2. The molecule has 2 aromatic rings. The van der Waals surface area contributed by atoms with Crippen LogP contribution in [0.4, 0.5) is 0 Å². The van der Waals surface area contributed by atoms with Gasteiger partial charge in [-0.3, -0.25) is 9.59 Å². The molecule has 1 N–H and O–H groups in total. The number of para-hydroxylation sites is 1. The van der Waals surface area contributed by atoms with Crippen molar-refractivity contribution in [2.75, 3.05) is 0 Å². The lowest BCUT2D eigenvalue weighted by molar-refractivity contribution is -0.117. The maximum Gasteiger partial charge on any atom is 0.296 e. The lowest BCUT2D eigenvalue weighted by atomic mass is 9.77. The number of hydrogen-bond donors (Lipinski definition) is 1. The Balaban J connectivity index is 1.44. The van der Waals surface area contributed by atoms with Crippen LogP contribution in [0, 0.1) is 5.92 Å². The highest BCUT2D eigenvalue weighted by Gasteiger charge is 2.33. The molecule has 2 aliphatic carbocycles. The molecule has 0 saturated heterocycles. The van der Waals surface area contributed by atoms with Gasteiger partial charge in [-0.1, -0.05) is 30.3 Å². The van der Waals surface area contributed by atoms with Crippen molar-refractivity contribution in [3.8, 4) is 0 Å². The van der Waals surface area contributed by atoms with Gasteiger partial charge in [0.1, 0.15) is 5.69 Å². The molecule has 0 saturated carbocycles. The molecule has 1 atom stereocenters. The molecule has 1 aromatic carbocycles. The van der Waals surface area contributed by atoms with E-state index in [0.717, 1.165) is 47.9 Å². The first-order valence-corrected chi connectivity index (χ1v) is 9.61. The molecular weight excluding hydrogens is 350 g/mol. The number of allylic oxidation sites excluding steroid dienone is 3. The minimum absolute atomic E-state index is 0.00521. The van der Waals surface area contributed by atoms with Crippen LogP contribution in [0.2, 0.25) is 0 Å². The summed E-state index contributed by atoms with van der Waals surface area (Å²) >= 11 is 0. The second-order valence-electron chi connectivity index (χ2n) is 7.33. The van der Waals surface area contributed by atoms with Crippen LogP contribution in [0.1, 0.15) is 36.2 Å². The molecule has 2 heterocycles. The van der Waals surface area contributed by atoms with Gasteiger partial charge in [0.15, 0.2) is 0 Å². The van der Waals surface area contributed by atoms with Crippen LogP contribution in [-0.2, 0) is 4.79 Å². The van der Waals surface area contributed by atoms with Gasteiger partial charge in [-0.2, -0.15) is 0 Å². The third-order valence-corrected chi connectivity index (χ3v) is 5.56. The van der Waals surface area contributed by atoms with Crippen molar-refractivity contribution in [3.63, 3.8) is 0 Å². The Labute approximate surface area is 162 Å². The van der Waals surface area contributed by atoms with Crippen molar-refractivity contribution < 1.29 is 9.59 Å². The predicted octanol–water partition coefficient (Wildman–Crippen LogP) is 3.89. The molecule has 5 heteroatoms. The van der Waals surface area contributed by atoms with Gasteiger partial charge in [0.25, 0.3) is 11.8 Å². The zero-order valence-electron chi connectivity index (χ0n) is 15.3. The molecule has 1 aromatic heterocycles. The van der Waals surface area contributed by atoms with Crippen LogP contribution in [0.3, 0.4) is 0 Å². The number of amides is 2. The molecule has 2 amide bonds. The number of aliphatic imine (C=N–C) groups is 1. The summed E-state index contributed by atoms with van der Waals surface area (Å²) in [4.78, 5) is 33.6. The third kappa shape index (κ3) is 2.89.